The van der Waals surface area contributed by atoms with Crippen LogP contribution in [0.4, 0.5) is 8.78 Å². The first-order valence-corrected chi connectivity index (χ1v) is 3.71. The van der Waals surface area contributed by atoms with Gasteiger partial charge in [-0.1, -0.05) is 12.1 Å². The van der Waals surface area contributed by atoms with Gasteiger partial charge >= 0.3 is 0 Å². The van der Waals surface area contributed by atoms with Crippen molar-refractivity contribution in [3.05, 3.63) is 29.6 Å². The molecule has 0 atom stereocenters. The third-order valence-corrected chi connectivity index (χ3v) is 1.54. The summed E-state index contributed by atoms with van der Waals surface area (Å²) in [4.78, 5) is 3.48. The monoisotopic (exact) mass is 186 g/mol. The summed E-state index contributed by atoms with van der Waals surface area (Å²) < 4.78 is 25.4. The molecule has 5 heteroatoms. The molecule has 70 valence electrons. The van der Waals surface area contributed by atoms with Gasteiger partial charge in [-0.15, -0.1) is 0 Å². The van der Waals surface area contributed by atoms with E-state index in [1.54, 1.807) is 6.92 Å². The van der Waals surface area contributed by atoms with Gasteiger partial charge in [0.25, 0.3) is 0 Å². The van der Waals surface area contributed by atoms with E-state index in [1.165, 1.54) is 0 Å². The molecule has 0 bridgehead atoms. The van der Waals surface area contributed by atoms with Crippen LogP contribution in [0.3, 0.4) is 0 Å². The Bertz CT molecular complexity index is 339. The van der Waals surface area contributed by atoms with Crippen LogP contribution in [0.15, 0.2) is 17.4 Å². The molecule has 0 radical (unpaired) electrons. The van der Waals surface area contributed by atoms with Gasteiger partial charge < -0.3 is 5.21 Å². The summed E-state index contributed by atoms with van der Waals surface area (Å²) in [6.45, 7) is 1.68. The number of pyridine rings is 1. The largest absolute Gasteiger partial charge is 0.411 e. The van der Waals surface area contributed by atoms with Crippen LogP contribution in [0.5, 0.6) is 0 Å². The van der Waals surface area contributed by atoms with E-state index < -0.39 is 11.6 Å². The molecular weight excluding hydrogens is 178 g/mol. The van der Waals surface area contributed by atoms with Crippen LogP contribution in [0.25, 0.3) is 0 Å². The molecule has 13 heavy (non-hydrogen) atoms. The molecule has 0 fully saturated rings. The van der Waals surface area contributed by atoms with Crippen LogP contribution in [0, 0.1) is 11.6 Å². The topological polar surface area (TPSA) is 45.5 Å². The molecule has 1 aromatic heterocycles. The minimum Gasteiger partial charge on any atom is -0.411 e. The van der Waals surface area contributed by atoms with Crippen LogP contribution >= 0.6 is 0 Å². The van der Waals surface area contributed by atoms with E-state index in [0.717, 1.165) is 6.20 Å². The van der Waals surface area contributed by atoms with Gasteiger partial charge in [-0.3, -0.25) is 0 Å². The molecule has 0 spiro atoms. The fraction of sp³-hybridized carbons (Fsp3) is 0.250. The lowest BCUT2D eigenvalue weighted by Crippen LogP contribution is -2.06. The van der Waals surface area contributed by atoms with Gasteiger partial charge in [0.15, 0.2) is 5.82 Å². The highest BCUT2D eigenvalue weighted by molar-refractivity contribution is 5.98. The lowest BCUT2D eigenvalue weighted by molar-refractivity contribution is 0.317. The zero-order valence-corrected chi connectivity index (χ0v) is 6.96. The Labute approximate surface area is 73.7 Å². The van der Waals surface area contributed by atoms with Gasteiger partial charge in [-0.2, -0.15) is 0 Å². The molecule has 0 aliphatic rings. The standard InChI is InChI=1S/C8H8F2N2O/c1-2-7(12-13)8-6(10)3-5(9)4-11-8/h3-4,13H,2H2,1H3/b12-7-. The Morgan fingerprint density at radius 1 is 1.62 bits per heavy atom. The number of nitrogens with zero attached hydrogens (tertiary/aromatic N) is 2. The third kappa shape index (κ3) is 1.99. The van der Waals surface area contributed by atoms with Crippen LogP contribution in [-0.2, 0) is 0 Å². The van der Waals surface area contributed by atoms with Crippen LogP contribution in [-0.4, -0.2) is 15.9 Å². The SMILES string of the molecule is CC/C(=N/O)c1ncc(F)cc1F. The Kier molecular flexibility index (Phi) is 2.89. The Morgan fingerprint density at radius 2 is 2.31 bits per heavy atom. The second-order valence-corrected chi connectivity index (χ2v) is 2.38. The van der Waals surface area contributed by atoms with E-state index in [-0.39, 0.29) is 11.4 Å². The lowest BCUT2D eigenvalue weighted by atomic mass is 10.2. The predicted molar refractivity (Wildman–Crippen MR) is 42.8 cm³/mol. The first-order chi connectivity index (χ1) is 6.19. The predicted octanol–water partition coefficient (Wildman–Crippen LogP) is 1.95. The Hall–Kier alpha value is -1.52. The maximum absolute atomic E-state index is 13.0. The maximum Gasteiger partial charge on any atom is 0.153 e. The molecular formula is C8H8F2N2O. The smallest absolute Gasteiger partial charge is 0.153 e. The molecule has 0 aromatic carbocycles. The summed E-state index contributed by atoms with van der Waals surface area (Å²) in [5, 5.41) is 11.3. The van der Waals surface area contributed by atoms with Gasteiger partial charge in [0.05, 0.1) is 6.20 Å². The van der Waals surface area contributed by atoms with Crippen molar-refractivity contribution in [3.63, 3.8) is 0 Å². The van der Waals surface area contributed by atoms with E-state index in [9.17, 15) is 8.78 Å². The number of hydrogen-bond donors (Lipinski definition) is 1. The van der Waals surface area contributed by atoms with Crippen molar-refractivity contribution < 1.29 is 14.0 Å². The molecule has 0 saturated carbocycles. The fourth-order valence-electron chi connectivity index (χ4n) is 0.912. The minimum absolute atomic E-state index is 0.0949. The third-order valence-electron chi connectivity index (χ3n) is 1.54. The Morgan fingerprint density at radius 3 is 2.77 bits per heavy atom. The summed E-state index contributed by atoms with van der Waals surface area (Å²) in [7, 11) is 0. The van der Waals surface area contributed by atoms with E-state index in [1.807, 2.05) is 0 Å². The van der Waals surface area contributed by atoms with Gasteiger partial charge in [-0.25, -0.2) is 13.8 Å². The van der Waals surface area contributed by atoms with Crippen molar-refractivity contribution >= 4 is 5.71 Å². The van der Waals surface area contributed by atoms with Crippen molar-refractivity contribution in [2.24, 2.45) is 5.16 Å². The van der Waals surface area contributed by atoms with Crippen LogP contribution in [0.2, 0.25) is 0 Å². The van der Waals surface area contributed by atoms with Gasteiger partial charge in [0.1, 0.15) is 17.2 Å². The quantitative estimate of drug-likeness (QED) is 0.436. The summed E-state index contributed by atoms with van der Waals surface area (Å²) in [5.41, 5.74) is -0.0242. The Balaban J connectivity index is 3.15. The van der Waals surface area contributed by atoms with Crippen molar-refractivity contribution in [1.29, 1.82) is 0 Å². The van der Waals surface area contributed by atoms with E-state index in [4.69, 9.17) is 5.21 Å². The highest BCUT2D eigenvalue weighted by Gasteiger charge is 2.10. The molecule has 3 nitrogen and oxygen atoms in total. The maximum atomic E-state index is 13.0. The first-order valence-electron chi connectivity index (χ1n) is 3.71. The zero-order chi connectivity index (χ0) is 9.84. The molecule has 1 aromatic rings. The number of rotatable bonds is 2. The first kappa shape index (κ1) is 9.57. The van der Waals surface area contributed by atoms with Crippen LogP contribution in [0.1, 0.15) is 19.0 Å². The number of oxime groups is 1. The molecule has 0 aliphatic heterocycles. The molecule has 0 saturated heterocycles. The van der Waals surface area contributed by atoms with Crippen molar-refractivity contribution in [2.75, 3.05) is 0 Å². The number of aromatic nitrogens is 1. The lowest BCUT2D eigenvalue weighted by Gasteiger charge is -2.01. The van der Waals surface area contributed by atoms with Crippen molar-refractivity contribution in [2.45, 2.75) is 13.3 Å². The molecule has 0 aliphatic carbocycles. The minimum atomic E-state index is -0.824. The van der Waals surface area contributed by atoms with Crippen LogP contribution < -0.4 is 0 Å². The normalized spacial score (nSPS) is 11.8. The average molecular weight is 186 g/mol. The molecule has 1 N–H and O–H groups in total. The molecule has 1 rings (SSSR count). The second-order valence-electron chi connectivity index (χ2n) is 2.38. The number of halogens is 2. The zero-order valence-electron chi connectivity index (χ0n) is 6.96. The molecule has 0 amide bonds. The van der Waals surface area contributed by atoms with Crippen molar-refractivity contribution in [3.8, 4) is 0 Å². The highest BCUT2D eigenvalue weighted by Crippen LogP contribution is 2.08. The van der Waals surface area contributed by atoms with Gasteiger partial charge in [-0.05, 0) is 6.42 Å². The summed E-state index contributed by atoms with van der Waals surface area (Å²) in [6.07, 6.45) is 1.20. The van der Waals surface area contributed by atoms with E-state index in [0.29, 0.717) is 12.5 Å². The van der Waals surface area contributed by atoms with E-state index in [2.05, 4.69) is 10.1 Å². The van der Waals surface area contributed by atoms with Gasteiger partial charge in [0, 0.05) is 6.07 Å². The summed E-state index contributed by atoms with van der Waals surface area (Å²) >= 11 is 0. The number of hydrogen-bond acceptors (Lipinski definition) is 3. The fourth-order valence-corrected chi connectivity index (χ4v) is 0.912. The summed E-state index contributed by atoms with van der Waals surface area (Å²) in [6, 6.07) is 0.698. The summed E-state index contributed by atoms with van der Waals surface area (Å²) in [5.74, 6) is -1.58. The molecule has 1 heterocycles. The average Bonchev–Trinajstić information content (AvgIpc) is 2.10. The second kappa shape index (κ2) is 3.93. The van der Waals surface area contributed by atoms with Gasteiger partial charge in [0.2, 0.25) is 0 Å². The van der Waals surface area contributed by atoms with E-state index >= 15 is 0 Å². The highest BCUT2D eigenvalue weighted by atomic mass is 19.1. The van der Waals surface area contributed by atoms with Crippen molar-refractivity contribution in [1.82, 2.24) is 4.98 Å². The molecule has 0 unspecified atom stereocenters.